The van der Waals surface area contributed by atoms with Crippen LogP contribution in [0.1, 0.15) is 51.3 Å². The Morgan fingerprint density at radius 2 is 2.10 bits per heavy atom. The van der Waals surface area contributed by atoms with Gasteiger partial charge in [0.05, 0.1) is 7.11 Å². The second kappa shape index (κ2) is 6.49. The SMILES string of the molecule is COC(=O)C1(NCc2cccs2)CCC(C(C)(C)C)CC1. The molecule has 2 rings (SSSR count). The molecular formula is C17H27NO2S. The zero-order chi connectivity index (χ0) is 15.5. The van der Waals surface area contributed by atoms with E-state index in [9.17, 15) is 4.79 Å². The van der Waals surface area contributed by atoms with Gasteiger partial charge in [-0.15, -0.1) is 11.3 Å². The van der Waals surface area contributed by atoms with Crippen LogP contribution in [-0.2, 0) is 16.1 Å². The second-order valence-corrected chi connectivity index (χ2v) is 8.18. The molecule has 0 unspecified atom stereocenters. The molecule has 1 heterocycles. The van der Waals surface area contributed by atoms with Gasteiger partial charge in [0, 0.05) is 11.4 Å². The molecule has 1 saturated carbocycles. The van der Waals surface area contributed by atoms with E-state index in [0.29, 0.717) is 11.3 Å². The van der Waals surface area contributed by atoms with E-state index < -0.39 is 5.54 Å². The number of ether oxygens (including phenoxy) is 1. The maximum atomic E-state index is 12.3. The summed E-state index contributed by atoms with van der Waals surface area (Å²) in [7, 11) is 1.49. The van der Waals surface area contributed by atoms with E-state index in [0.717, 1.165) is 32.2 Å². The summed E-state index contributed by atoms with van der Waals surface area (Å²) in [5.41, 5.74) is -0.184. The zero-order valence-electron chi connectivity index (χ0n) is 13.6. The van der Waals surface area contributed by atoms with Crippen LogP contribution in [0.3, 0.4) is 0 Å². The molecule has 1 aromatic rings. The lowest BCUT2D eigenvalue weighted by Crippen LogP contribution is -2.55. The Hall–Kier alpha value is -0.870. The average Bonchev–Trinajstić information content (AvgIpc) is 2.97. The first-order valence-electron chi connectivity index (χ1n) is 7.73. The van der Waals surface area contributed by atoms with E-state index in [4.69, 9.17) is 4.74 Å². The Kier molecular flexibility index (Phi) is 5.10. The van der Waals surface area contributed by atoms with Crippen LogP contribution < -0.4 is 5.32 Å². The summed E-state index contributed by atoms with van der Waals surface area (Å²) in [5, 5.41) is 5.56. The molecule has 0 saturated heterocycles. The van der Waals surface area contributed by atoms with E-state index in [1.807, 2.05) is 6.07 Å². The van der Waals surface area contributed by atoms with Gasteiger partial charge < -0.3 is 4.74 Å². The molecule has 0 bridgehead atoms. The van der Waals surface area contributed by atoms with Crippen LogP contribution in [0, 0.1) is 11.3 Å². The van der Waals surface area contributed by atoms with Gasteiger partial charge in [0.15, 0.2) is 0 Å². The number of carbonyl (C=O) groups excluding carboxylic acids is 1. The third kappa shape index (κ3) is 3.86. The fraction of sp³-hybridized carbons (Fsp3) is 0.706. The fourth-order valence-corrected chi connectivity index (χ4v) is 3.94. The third-order valence-electron chi connectivity index (χ3n) is 4.82. The summed E-state index contributed by atoms with van der Waals surface area (Å²) in [6, 6.07) is 4.15. The molecule has 1 aromatic heterocycles. The van der Waals surface area contributed by atoms with Crippen LogP contribution >= 0.6 is 11.3 Å². The predicted octanol–water partition coefficient (Wildman–Crippen LogP) is 3.99. The highest BCUT2D eigenvalue weighted by atomic mass is 32.1. The monoisotopic (exact) mass is 309 g/mol. The summed E-state index contributed by atoms with van der Waals surface area (Å²) >= 11 is 1.72. The standard InChI is InChI=1S/C17H27NO2S/c1-16(2,3)13-7-9-17(10-8-13,15(19)20-4)18-12-14-6-5-11-21-14/h5-6,11,13,18H,7-10,12H2,1-4H3. The minimum absolute atomic E-state index is 0.105. The molecule has 3 nitrogen and oxygen atoms in total. The molecule has 0 aliphatic heterocycles. The number of methoxy groups -OCH3 is 1. The minimum atomic E-state index is -0.500. The Balaban J connectivity index is 2.04. The van der Waals surface area contributed by atoms with Gasteiger partial charge in [-0.1, -0.05) is 26.8 Å². The van der Waals surface area contributed by atoms with Crippen LogP contribution in [0.5, 0.6) is 0 Å². The molecule has 4 heteroatoms. The highest BCUT2D eigenvalue weighted by Crippen LogP contribution is 2.42. The number of rotatable bonds is 4. The fourth-order valence-electron chi connectivity index (χ4n) is 3.29. The highest BCUT2D eigenvalue weighted by Gasteiger charge is 2.44. The number of carbonyl (C=O) groups is 1. The largest absolute Gasteiger partial charge is 0.468 e. The first-order chi connectivity index (χ1) is 9.87. The molecule has 1 aliphatic carbocycles. The third-order valence-corrected chi connectivity index (χ3v) is 5.70. The molecule has 1 fully saturated rings. The highest BCUT2D eigenvalue weighted by molar-refractivity contribution is 7.09. The minimum Gasteiger partial charge on any atom is -0.468 e. The molecule has 21 heavy (non-hydrogen) atoms. The van der Waals surface area contributed by atoms with Crippen molar-refractivity contribution in [2.45, 2.75) is 58.5 Å². The van der Waals surface area contributed by atoms with E-state index >= 15 is 0 Å². The first-order valence-corrected chi connectivity index (χ1v) is 8.61. The molecule has 0 atom stereocenters. The average molecular weight is 309 g/mol. The van der Waals surface area contributed by atoms with Crippen LogP contribution in [0.15, 0.2) is 17.5 Å². The van der Waals surface area contributed by atoms with Gasteiger partial charge in [0.25, 0.3) is 0 Å². The Morgan fingerprint density at radius 3 is 2.57 bits per heavy atom. The first kappa shape index (κ1) is 16.5. The van der Waals surface area contributed by atoms with Crippen LogP contribution in [0.4, 0.5) is 0 Å². The van der Waals surface area contributed by atoms with Crippen molar-refractivity contribution in [3.8, 4) is 0 Å². The summed E-state index contributed by atoms with van der Waals surface area (Å²) in [5.74, 6) is 0.574. The summed E-state index contributed by atoms with van der Waals surface area (Å²) in [4.78, 5) is 13.6. The predicted molar refractivity (Wildman–Crippen MR) is 87.3 cm³/mol. The Morgan fingerprint density at radius 1 is 1.43 bits per heavy atom. The van der Waals surface area contributed by atoms with Crippen molar-refractivity contribution in [2.75, 3.05) is 7.11 Å². The van der Waals surface area contributed by atoms with Gasteiger partial charge in [0.1, 0.15) is 5.54 Å². The maximum Gasteiger partial charge on any atom is 0.326 e. The van der Waals surface area contributed by atoms with E-state index in [-0.39, 0.29) is 5.97 Å². The summed E-state index contributed by atoms with van der Waals surface area (Å²) in [6.45, 7) is 7.62. The zero-order valence-corrected chi connectivity index (χ0v) is 14.4. The molecule has 1 N–H and O–H groups in total. The lowest BCUT2D eigenvalue weighted by atomic mass is 9.67. The number of thiophene rings is 1. The van der Waals surface area contributed by atoms with Gasteiger partial charge >= 0.3 is 5.97 Å². The number of hydrogen-bond acceptors (Lipinski definition) is 4. The topological polar surface area (TPSA) is 38.3 Å². The maximum absolute atomic E-state index is 12.3. The summed E-state index contributed by atoms with van der Waals surface area (Å²) < 4.78 is 5.09. The lowest BCUT2D eigenvalue weighted by Gasteiger charge is -2.42. The molecular weight excluding hydrogens is 282 g/mol. The van der Waals surface area contributed by atoms with Gasteiger partial charge in [-0.25, -0.2) is 0 Å². The Labute approximate surface area is 132 Å². The molecule has 0 aromatic carbocycles. The van der Waals surface area contributed by atoms with Crippen molar-refractivity contribution in [3.63, 3.8) is 0 Å². The van der Waals surface area contributed by atoms with Gasteiger partial charge in [0.2, 0.25) is 0 Å². The molecule has 0 spiro atoms. The smallest absolute Gasteiger partial charge is 0.326 e. The second-order valence-electron chi connectivity index (χ2n) is 7.15. The van der Waals surface area contributed by atoms with Crippen LogP contribution in [0.25, 0.3) is 0 Å². The quantitative estimate of drug-likeness (QED) is 0.855. The van der Waals surface area contributed by atoms with Crippen molar-refractivity contribution in [1.82, 2.24) is 5.32 Å². The normalized spacial score (nSPS) is 26.6. The van der Waals surface area contributed by atoms with E-state index in [2.05, 4.69) is 37.5 Å². The molecule has 0 radical (unpaired) electrons. The van der Waals surface area contributed by atoms with Crippen molar-refractivity contribution in [2.24, 2.45) is 11.3 Å². The van der Waals surface area contributed by atoms with Gasteiger partial charge in [-0.05, 0) is 48.5 Å². The van der Waals surface area contributed by atoms with Crippen molar-refractivity contribution in [3.05, 3.63) is 22.4 Å². The van der Waals surface area contributed by atoms with E-state index in [1.54, 1.807) is 11.3 Å². The summed E-state index contributed by atoms with van der Waals surface area (Å²) in [6.07, 6.45) is 3.89. The number of hydrogen-bond donors (Lipinski definition) is 1. The lowest BCUT2D eigenvalue weighted by molar-refractivity contribution is -0.151. The number of nitrogens with one attached hydrogen (secondary N) is 1. The molecule has 0 amide bonds. The van der Waals surface area contributed by atoms with Crippen molar-refractivity contribution in [1.29, 1.82) is 0 Å². The molecule has 118 valence electrons. The Bertz CT molecular complexity index is 454. The van der Waals surface area contributed by atoms with Crippen LogP contribution in [-0.4, -0.2) is 18.6 Å². The van der Waals surface area contributed by atoms with Crippen molar-refractivity contribution >= 4 is 17.3 Å². The van der Waals surface area contributed by atoms with Gasteiger partial charge in [-0.2, -0.15) is 0 Å². The van der Waals surface area contributed by atoms with Crippen LogP contribution in [0.2, 0.25) is 0 Å². The van der Waals surface area contributed by atoms with E-state index in [1.165, 1.54) is 12.0 Å². The number of esters is 1. The van der Waals surface area contributed by atoms with Crippen molar-refractivity contribution < 1.29 is 9.53 Å². The van der Waals surface area contributed by atoms with Gasteiger partial charge in [-0.3, -0.25) is 10.1 Å². The molecule has 1 aliphatic rings.